The van der Waals surface area contributed by atoms with Crippen molar-refractivity contribution in [2.75, 3.05) is 0 Å². The molecule has 0 saturated heterocycles. The van der Waals surface area contributed by atoms with Crippen molar-refractivity contribution in [1.29, 1.82) is 0 Å². The molecule has 3 heteroatoms. The molecule has 7 atom stereocenters. The average Bonchev–Trinajstić information content (AvgIpc) is 3.11. The van der Waals surface area contributed by atoms with E-state index in [1.54, 1.807) is 5.57 Å². The molecule has 0 spiro atoms. The Morgan fingerprint density at radius 1 is 1.21 bits per heavy atom. The summed E-state index contributed by atoms with van der Waals surface area (Å²) in [5, 5.41) is 30.3. The van der Waals surface area contributed by atoms with Gasteiger partial charge < -0.3 is 15.3 Å². The van der Waals surface area contributed by atoms with Gasteiger partial charge in [-0.25, -0.2) is 0 Å². The Kier molecular flexibility index (Phi) is 9.09. The maximum atomic E-state index is 10.2. The third-order valence-corrected chi connectivity index (χ3v) is 9.39. The Bertz CT molecular complexity index is 798. The molecule has 0 aromatic rings. The Morgan fingerprint density at radius 2 is 1.94 bits per heavy atom. The van der Waals surface area contributed by atoms with Gasteiger partial charge >= 0.3 is 0 Å². The first-order chi connectivity index (χ1) is 16.0. The quantitative estimate of drug-likeness (QED) is 0.338. The van der Waals surface area contributed by atoms with Gasteiger partial charge in [-0.3, -0.25) is 0 Å². The second-order valence-corrected chi connectivity index (χ2v) is 12.4. The molecule has 3 N–H and O–H groups in total. The van der Waals surface area contributed by atoms with Gasteiger partial charge in [0.05, 0.1) is 17.8 Å². The lowest BCUT2D eigenvalue weighted by Gasteiger charge is -2.45. The minimum atomic E-state index is -0.621. The SMILES string of the molecule is C=C1/C(=C\C=C2/CCC[C@]3(C)[C@@H]([C@@H](C)[C@H](/C=C/CCC(C)(C)O)CC)CC[C@@H]23)C[C@@H](O)C[C@@H]1O. The molecule has 0 aliphatic heterocycles. The van der Waals surface area contributed by atoms with Crippen LogP contribution in [0.25, 0.3) is 0 Å². The highest BCUT2D eigenvalue weighted by Crippen LogP contribution is 2.60. The van der Waals surface area contributed by atoms with Crippen LogP contribution in [0.3, 0.4) is 0 Å². The lowest BCUT2D eigenvalue weighted by Crippen LogP contribution is -2.37. The summed E-state index contributed by atoms with van der Waals surface area (Å²) >= 11 is 0. The van der Waals surface area contributed by atoms with Crippen LogP contribution >= 0.6 is 0 Å². The van der Waals surface area contributed by atoms with Crippen molar-refractivity contribution in [2.24, 2.45) is 29.1 Å². The van der Waals surface area contributed by atoms with E-state index in [2.05, 4.69) is 51.7 Å². The fraction of sp³-hybridized carbons (Fsp3) is 0.742. The lowest BCUT2D eigenvalue weighted by atomic mass is 9.59. The summed E-state index contributed by atoms with van der Waals surface area (Å²) in [7, 11) is 0. The van der Waals surface area contributed by atoms with E-state index >= 15 is 0 Å². The van der Waals surface area contributed by atoms with Gasteiger partial charge in [-0.15, -0.1) is 0 Å². The monoisotopic (exact) mass is 470 g/mol. The molecule has 0 amide bonds. The van der Waals surface area contributed by atoms with Crippen molar-refractivity contribution >= 4 is 0 Å². The van der Waals surface area contributed by atoms with Crippen molar-refractivity contribution in [2.45, 2.75) is 117 Å². The van der Waals surface area contributed by atoms with Gasteiger partial charge in [0.1, 0.15) is 0 Å². The molecular weight excluding hydrogens is 420 g/mol. The van der Waals surface area contributed by atoms with Crippen LogP contribution in [0, 0.1) is 29.1 Å². The smallest absolute Gasteiger partial charge is 0.0811 e. The first kappa shape index (κ1) is 27.4. The van der Waals surface area contributed by atoms with Crippen LogP contribution < -0.4 is 0 Å². The summed E-state index contributed by atoms with van der Waals surface area (Å²) < 4.78 is 0. The molecule has 0 radical (unpaired) electrons. The molecule has 3 rings (SSSR count). The standard InChI is InChI=1S/C31H50O3/c1-7-23(11-8-9-17-30(4,5)34)21(2)27-15-16-28-24(12-10-18-31(27,28)6)13-14-25-19-26(32)20-29(33)22(25)3/h8,11,13-14,21,23,26-29,32-34H,3,7,9-10,12,15-20H2,1-2,4-6H3/b11-8+,24-13+,25-14-/t21-,23-,26+,27+,28-,29-,31+/m0/s1. The van der Waals surface area contributed by atoms with E-state index < -0.39 is 17.8 Å². The fourth-order valence-electron chi connectivity index (χ4n) is 7.30. The number of hydrogen-bond donors (Lipinski definition) is 3. The maximum Gasteiger partial charge on any atom is 0.0811 e. The molecule has 3 saturated carbocycles. The number of fused-ring (bicyclic) bond motifs is 1. The molecule has 3 nitrogen and oxygen atoms in total. The fourth-order valence-corrected chi connectivity index (χ4v) is 7.30. The zero-order valence-electron chi connectivity index (χ0n) is 22.4. The zero-order valence-corrected chi connectivity index (χ0v) is 22.4. The third kappa shape index (κ3) is 6.33. The van der Waals surface area contributed by atoms with E-state index in [-0.39, 0.29) is 0 Å². The minimum Gasteiger partial charge on any atom is -0.393 e. The Hall–Kier alpha value is -1.16. The van der Waals surface area contributed by atoms with Crippen molar-refractivity contribution in [1.82, 2.24) is 0 Å². The first-order valence-electron chi connectivity index (χ1n) is 13.8. The van der Waals surface area contributed by atoms with Crippen molar-refractivity contribution < 1.29 is 15.3 Å². The van der Waals surface area contributed by atoms with Crippen molar-refractivity contribution in [3.63, 3.8) is 0 Å². The Balaban J connectivity index is 1.73. The molecule has 3 aliphatic carbocycles. The number of hydrogen-bond acceptors (Lipinski definition) is 3. The van der Waals surface area contributed by atoms with E-state index in [0.29, 0.717) is 36.0 Å². The molecule has 34 heavy (non-hydrogen) atoms. The van der Waals surface area contributed by atoms with Crippen LogP contribution in [0.2, 0.25) is 0 Å². The molecule has 3 fully saturated rings. The van der Waals surface area contributed by atoms with E-state index in [4.69, 9.17) is 0 Å². The highest BCUT2D eigenvalue weighted by Gasteiger charge is 2.51. The first-order valence-corrected chi connectivity index (χ1v) is 13.8. The van der Waals surface area contributed by atoms with Crippen LogP contribution in [-0.4, -0.2) is 33.1 Å². The summed E-state index contributed by atoms with van der Waals surface area (Å²) in [5.41, 5.74) is 3.10. The predicted octanol–water partition coefficient (Wildman–Crippen LogP) is 6.90. The van der Waals surface area contributed by atoms with Crippen LogP contribution in [0.4, 0.5) is 0 Å². The highest BCUT2D eigenvalue weighted by atomic mass is 16.3. The topological polar surface area (TPSA) is 60.7 Å². The normalized spacial score (nSPS) is 36.9. The highest BCUT2D eigenvalue weighted by molar-refractivity contribution is 5.38. The Labute approximate surface area is 208 Å². The van der Waals surface area contributed by atoms with Gasteiger partial charge in [-0.1, -0.05) is 57.2 Å². The van der Waals surface area contributed by atoms with Gasteiger partial charge in [-0.05, 0) is 112 Å². The van der Waals surface area contributed by atoms with E-state index in [1.165, 1.54) is 32.1 Å². The van der Waals surface area contributed by atoms with Gasteiger partial charge in [-0.2, -0.15) is 0 Å². The van der Waals surface area contributed by atoms with Gasteiger partial charge in [0.2, 0.25) is 0 Å². The second-order valence-electron chi connectivity index (χ2n) is 12.4. The summed E-state index contributed by atoms with van der Waals surface area (Å²) in [6.45, 7) is 15.2. The third-order valence-electron chi connectivity index (χ3n) is 9.39. The van der Waals surface area contributed by atoms with Crippen LogP contribution in [-0.2, 0) is 0 Å². The minimum absolute atomic E-state index is 0.346. The lowest BCUT2D eigenvalue weighted by molar-refractivity contribution is 0.0718. The molecule has 0 aromatic heterocycles. The van der Waals surface area contributed by atoms with Crippen LogP contribution in [0.15, 0.2) is 47.6 Å². The van der Waals surface area contributed by atoms with Crippen molar-refractivity contribution in [3.05, 3.63) is 47.6 Å². The predicted molar refractivity (Wildman–Crippen MR) is 142 cm³/mol. The molecular formula is C31H50O3. The number of rotatable bonds is 8. The summed E-state index contributed by atoms with van der Waals surface area (Å²) in [5.74, 6) is 2.60. The molecule has 0 unspecified atom stereocenters. The maximum absolute atomic E-state index is 10.2. The molecule has 3 aliphatic rings. The zero-order chi connectivity index (χ0) is 25.1. The van der Waals surface area contributed by atoms with E-state index in [1.807, 2.05) is 13.8 Å². The second kappa shape index (κ2) is 11.3. The molecule has 0 bridgehead atoms. The Morgan fingerprint density at radius 3 is 2.62 bits per heavy atom. The molecule has 0 aromatic carbocycles. The largest absolute Gasteiger partial charge is 0.393 e. The van der Waals surface area contributed by atoms with Gasteiger partial charge in [0.15, 0.2) is 0 Å². The van der Waals surface area contributed by atoms with E-state index in [0.717, 1.165) is 36.3 Å². The van der Waals surface area contributed by atoms with Gasteiger partial charge in [0, 0.05) is 6.42 Å². The summed E-state index contributed by atoms with van der Waals surface area (Å²) in [6, 6.07) is 0. The summed E-state index contributed by atoms with van der Waals surface area (Å²) in [6.07, 6.45) is 18.3. The van der Waals surface area contributed by atoms with Crippen LogP contribution in [0.5, 0.6) is 0 Å². The summed E-state index contributed by atoms with van der Waals surface area (Å²) in [4.78, 5) is 0. The van der Waals surface area contributed by atoms with E-state index in [9.17, 15) is 15.3 Å². The number of allylic oxidation sites excluding steroid dienone is 5. The molecule has 0 heterocycles. The van der Waals surface area contributed by atoms with Crippen LogP contribution in [0.1, 0.15) is 98.8 Å². The number of aliphatic hydroxyl groups excluding tert-OH is 2. The molecule has 192 valence electrons. The average molecular weight is 471 g/mol. The number of aliphatic hydroxyl groups is 3. The van der Waals surface area contributed by atoms with Crippen molar-refractivity contribution in [3.8, 4) is 0 Å². The van der Waals surface area contributed by atoms with Gasteiger partial charge in [0.25, 0.3) is 0 Å².